The van der Waals surface area contributed by atoms with E-state index >= 15 is 0 Å². The first-order valence-corrected chi connectivity index (χ1v) is 17.7. The molecule has 0 unspecified atom stereocenters. The number of rotatable bonds is 33. The third-order valence-corrected chi connectivity index (χ3v) is 8.36. The summed E-state index contributed by atoms with van der Waals surface area (Å²) in [6, 6.07) is 0.627. The van der Waals surface area contributed by atoms with E-state index in [1.165, 1.54) is 193 Å². The molecular weight excluding hydrogens is 450 g/mol. The van der Waals surface area contributed by atoms with Crippen molar-refractivity contribution in [2.75, 3.05) is 13.2 Å². The lowest BCUT2D eigenvalue weighted by molar-refractivity contribution is 0.277. The Morgan fingerprint density at radius 2 is 0.622 bits per heavy atom. The minimum Gasteiger partial charge on any atom is -0.395 e. The summed E-state index contributed by atoms with van der Waals surface area (Å²) < 4.78 is 0. The first-order chi connectivity index (χ1) is 18.3. The molecule has 0 saturated heterocycles. The predicted octanol–water partition coefficient (Wildman–Crippen LogP) is 11.7. The van der Waals surface area contributed by atoms with Crippen molar-refractivity contribution in [3.05, 3.63) is 0 Å². The van der Waals surface area contributed by atoms with Gasteiger partial charge in [-0.15, -0.1) is 0 Å². The molecule has 0 aliphatic heterocycles. The van der Waals surface area contributed by atoms with Crippen molar-refractivity contribution in [1.29, 1.82) is 0 Å². The maximum Gasteiger partial charge on any atom is 0.0556 e. The van der Waals surface area contributed by atoms with E-state index in [-0.39, 0.29) is 6.61 Å². The summed E-state index contributed by atoms with van der Waals surface area (Å²) in [5.74, 6) is 0. The Hall–Kier alpha value is -0.0800. The predicted molar refractivity (Wildman–Crippen MR) is 169 cm³/mol. The van der Waals surface area contributed by atoms with Gasteiger partial charge in [-0.25, -0.2) is 0 Å². The molecule has 0 aliphatic rings. The number of aliphatic hydroxyl groups is 1. The summed E-state index contributed by atoms with van der Waals surface area (Å²) in [5, 5.41) is 12.9. The first-order valence-electron chi connectivity index (χ1n) is 17.7. The van der Waals surface area contributed by atoms with Crippen molar-refractivity contribution in [3.8, 4) is 0 Å². The van der Waals surface area contributed by atoms with Gasteiger partial charge in [0, 0.05) is 12.6 Å². The van der Waals surface area contributed by atoms with Crippen LogP contribution < -0.4 is 5.32 Å². The molecule has 0 spiro atoms. The molecule has 0 saturated carbocycles. The fourth-order valence-corrected chi connectivity index (χ4v) is 5.79. The second kappa shape index (κ2) is 33.9. The summed E-state index contributed by atoms with van der Waals surface area (Å²) in [6.07, 6.45) is 42.7. The van der Waals surface area contributed by atoms with Gasteiger partial charge in [-0.1, -0.05) is 194 Å². The molecule has 0 aromatic carbocycles. The van der Waals surface area contributed by atoms with Gasteiger partial charge in [-0.05, 0) is 12.8 Å². The highest BCUT2D eigenvalue weighted by Gasteiger charge is 2.07. The molecule has 0 aromatic rings. The Morgan fingerprint density at radius 1 is 0.378 bits per heavy atom. The molecule has 224 valence electrons. The Morgan fingerprint density at radius 3 is 0.865 bits per heavy atom. The SMILES string of the molecule is CCCCCCCCCCCCCCCCC(CCCCCCCCCCCCCCCC)NCCO. The van der Waals surface area contributed by atoms with Crippen molar-refractivity contribution < 1.29 is 5.11 Å². The van der Waals surface area contributed by atoms with Gasteiger partial charge in [-0.3, -0.25) is 0 Å². The van der Waals surface area contributed by atoms with Crippen LogP contribution in [0.5, 0.6) is 0 Å². The van der Waals surface area contributed by atoms with Gasteiger partial charge in [0.25, 0.3) is 0 Å². The lowest BCUT2D eigenvalue weighted by Crippen LogP contribution is -2.31. The summed E-state index contributed by atoms with van der Waals surface area (Å²) >= 11 is 0. The fourth-order valence-electron chi connectivity index (χ4n) is 5.79. The summed E-state index contributed by atoms with van der Waals surface area (Å²) in [7, 11) is 0. The van der Waals surface area contributed by atoms with Crippen molar-refractivity contribution >= 4 is 0 Å². The molecular formula is C35H73NO. The second-order valence-corrected chi connectivity index (χ2v) is 12.1. The van der Waals surface area contributed by atoms with Crippen LogP contribution in [0.4, 0.5) is 0 Å². The Labute approximate surface area is 235 Å². The molecule has 0 heterocycles. The van der Waals surface area contributed by atoms with E-state index in [0.29, 0.717) is 6.04 Å². The van der Waals surface area contributed by atoms with Crippen LogP contribution >= 0.6 is 0 Å². The topological polar surface area (TPSA) is 32.3 Å². The van der Waals surface area contributed by atoms with Crippen LogP contribution in [0.2, 0.25) is 0 Å². The molecule has 2 N–H and O–H groups in total. The highest BCUT2D eigenvalue weighted by Crippen LogP contribution is 2.17. The molecule has 37 heavy (non-hydrogen) atoms. The molecule has 0 aromatic heterocycles. The second-order valence-electron chi connectivity index (χ2n) is 12.1. The van der Waals surface area contributed by atoms with Crippen LogP contribution in [0.1, 0.15) is 206 Å². The first kappa shape index (κ1) is 36.9. The largest absolute Gasteiger partial charge is 0.395 e. The molecule has 0 radical (unpaired) electrons. The summed E-state index contributed by atoms with van der Waals surface area (Å²) in [6.45, 7) is 5.64. The minimum absolute atomic E-state index is 0.272. The van der Waals surface area contributed by atoms with Gasteiger partial charge in [0.15, 0.2) is 0 Å². The van der Waals surface area contributed by atoms with Crippen LogP contribution in [0, 0.1) is 0 Å². The normalized spacial score (nSPS) is 11.7. The molecule has 0 atom stereocenters. The van der Waals surface area contributed by atoms with Crippen LogP contribution in [0.3, 0.4) is 0 Å². The quantitative estimate of drug-likeness (QED) is 0.0838. The zero-order valence-electron chi connectivity index (χ0n) is 26.2. The Balaban J connectivity index is 3.46. The zero-order valence-corrected chi connectivity index (χ0v) is 26.2. The third-order valence-electron chi connectivity index (χ3n) is 8.36. The molecule has 0 fully saturated rings. The Bertz CT molecular complexity index is 353. The van der Waals surface area contributed by atoms with E-state index in [2.05, 4.69) is 19.2 Å². The highest BCUT2D eigenvalue weighted by molar-refractivity contribution is 4.67. The van der Waals surface area contributed by atoms with Crippen molar-refractivity contribution in [2.24, 2.45) is 0 Å². The highest BCUT2D eigenvalue weighted by atomic mass is 16.3. The van der Waals surface area contributed by atoms with Crippen molar-refractivity contribution in [3.63, 3.8) is 0 Å². The number of nitrogens with one attached hydrogen (secondary N) is 1. The van der Waals surface area contributed by atoms with E-state index in [4.69, 9.17) is 0 Å². The molecule has 2 heteroatoms. The van der Waals surface area contributed by atoms with Gasteiger partial charge in [0.2, 0.25) is 0 Å². The average molecular weight is 524 g/mol. The standard InChI is InChI=1S/C35H73NO/c1-3-5-7-9-11-13-15-17-19-21-23-25-27-29-31-35(36-33-34-37)32-30-28-26-24-22-20-18-16-14-12-10-8-6-4-2/h35-37H,3-34H2,1-2H3. The molecule has 0 bridgehead atoms. The lowest BCUT2D eigenvalue weighted by Gasteiger charge is -2.18. The smallest absolute Gasteiger partial charge is 0.0556 e. The van der Waals surface area contributed by atoms with Gasteiger partial charge < -0.3 is 10.4 Å². The zero-order chi connectivity index (χ0) is 26.9. The van der Waals surface area contributed by atoms with Gasteiger partial charge >= 0.3 is 0 Å². The average Bonchev–Trinajstić information content (AvgIpc) is 2.91. The Kier molecular flexibility index (Phi) is 33.9. The van der Waals surface area contributed by atoms with Crippen molar-refractivity contribution in [1.82, 2.24) is 5.32 Å². The fraction of sp³-hybridized carbons (Fsp3) is 1.00. The number of hydrogen-bond donors (Lipinski definition) is 2. The number of unbranched alkanes of at least 4 members (excludes halogenated alkanes) is 26. The van der Waals surface area contributed by atoms with Crippen LogP contribution in [0.25, 0.3) is 0 Å². The van der Waals surface area contributed by atoms with E-state index in [0.717, 1.165) is 6.54 Å². The maximum absolute atomic E-state index is 9.24. The third kappa shape index (κ3) is 32.0. The lowest BCUT2D eigenvalue weighted by atomic mass is 9.99. The minimum atomic E-state index is 0.272. The molecule has 2 nitrogen and oxygen atoms in total. The summed E-state index contributed by atoms with van der Waals surface area (Å²) in [5.41, 5.74) is 0. The summed E-state index contributed by atoms with van der Waals surface area (Å²) in [4.78, 5) is 0. The van der Waals surface area contributed by atoms with Crippen LogP contribution in [-0.2, 0) is 0 Å². The van der Waals surface area contributed by atoms with E-state index in [1.807, 2.05) is 0 Å². The molecule has 0 rings (SSSR count). The van der Waals surface area contributed by atoms with Crippen molar-refractivity contribution in [2.45, 2.75) is 213 Å². The molecule has 0 aliphatic carbocycles. The van der Waals surface area contributed by atoms with Gasteiger partial charge in [0.1, 0.15) is 0 Å². The van der Waals surface area contributed by atoms with E-state index in [9.17, 15) is 5.11 Å². The number of hydrogen-bond acceptors (Lipinski definition) is 2. The van der Waals surface area contributed by atoms with Crippen LogP contribution in [-0.4, -0.2) is 24.3 Å². The van der Waals surface area contributed by atoms with E-state index in [1.54, 1.807) is 0 Å². The van der Waals surface area contributed by atoms with Gasteiger partial charge in [-0.2, -0.15) is 0 Å². The maximum atomic E-state index is 9.24. The molecule has 0 amide bonds. The van der Waals surface area contributed by atoms with Gasteiger partial charge in [0.05, 0.1) is 6.61 Å². The van der Waals surface area contributed by atoms with Crippen LogP contribution in [0.15, 0.2) is 0 Å². The monoisotopic (exact) mass is 524 g/mol. The number of aliphatic hydroxyl groups excluding tert-OH is 1. The van der Waals surface area contributed by atoms with E-state index < -0.39 is 0 Å².